The van der Waals surface area contributed by atoms with Gasteiger partial charge in [0, 0.05) is 22.5 Å². The Bertz CT molecular complexity index is 1990. The molecule has 0 amide bonds. The third-order valence-electron chi connectivity index (χ3n) is 6.46. The number of nitrogens with zero attached hydrogens (tertiary/aromatic N) is 2. The lowest BCUT2D eigenvalue weighted by Gasteiger charge is -2.16. The average molecular weight is 549 g/mol. The summed E-state index contributed by atoms with van der Waals surface area (Å²) in [6, 6.07) is 28.7. The predicted molar refractivity (Wildman–Crippen MR) is 144 cm³/mol. The highest BCUT2D eigenvalue weighted by molar-refractivity contribution is 7.88. The maximum atomic E-state index is 13.3. The number of methoxy groups -OCH3 is 1. The van der Waals surface area contributed by atoms with Crippen molar-refractivity contribution in [1.82, 2.24) is 9.55 Å². The molecule has 0 bridgehead atoms. The van der Waals surface area contributed by atoms with Crippen LogP contribution in [0.5, 0.6) is 11.5 Å². The first-order valence-electron chi connectivity index (χ1n) is 11.8. The van der Waals surface area contributed by atoms with Gasteiger partial charge in [-0.25, -0.2) is 4.98 Å². The number of hydrogen-bond acceptors (Lipinski definition) is 5. The number of alkyl halides is 3. The first kappa shape index (κ1) is 24.7. The second-order valence-corrected chi connectivity index (χ2v) is 10.3. The molecule has 6 aromatic rings. The summed E-state index contributed by atoms with van der Waals surface area (Å²) in [6.07, 6.45) is 0. The van der Waals surface area contributed by atoms with E-state index >= 15 is 0 Å². The Hall–Kier alpha value is -4.57. The largest absolute Gasteiger partial charge is 0.534 e. The molecule has 0 radical (unpaired) electrons. The summed E-state index contributed by atoms with van der Waals surface area (Å²) < 4.78 is 75.8. The van der Waals surface area contributed by atoms with E-state index in [-0.39, 0.29) is 17.1 Å². The van der Waals surface area contributed by atoms with Crippen LogP contribution in [0.4, 0.5) is 13.2 Å². The lowest BCUT2D eigenvalue weighted by Crippen LogP contribution is -2.28. The van der Waals surface area contributed by atoms with Crippen molar-refractivity contribution in [3.8, 4) is 28.6 Å². The van der Waals surface area contributed by atoms with E-state index in [4.69, 9.17) is 9.72 Å². The second kappa shape index (κ2) is 9.02. The summed E-state index contributed by atoms with van der Waals surface area (Å²) in [5.41, 5.74) is -3.60. The lowest BCUT2D eigenvalue weighted by atomic mass is 10.00. The fourth-order valence-corrected chi connectivity index (χ4v) is 5.23. The van der Waals surface area contributed by atoms with Crippen LogP contribution in [0.25, 0.3) is 49.7 Å². The Labute approximate surface area is 221 Å². The Morgan fingerprint density at radius 2 is 1.36 bits per heavy atom. The highest BCUT2D eigenvalue weighted by Gasteiger charge is 2.49. The van der Waals surface area contributed by atoms with E-state index in [1.54, 1.807) is 4.57 Å². The Morgan fingerprint density at radius 3 is 2.00 bits per heavy atom. The molecule has 39 heavy (non-hydrogen) atoms. The van der Waals surface area contributed by atoms with Gasteiger partial charge in [0.05, 0.1) is 23.7 Å². The molecular weight excluding hydrogens is 529 g/mol. The van der Waals surface area contributed by atoms with Gasteiger partial charge in [-0.3, -0.25) is 4.57 Å². The fourth-order valence-electron chi connectivity index (χ4n) is 4.76. The summed E-state index contributed by atoms with van der Waals surface area (Å²) in [5, 5.41) is 3.62. The molecule has 10 heteroatoms. The SMILES string of the molecule is COc1ccc(-c2nc3c4ccccc4c4ccccc4c3n2-c2ccccc2)c(OS(=O)(=O)C(F)(F)F)c1. The zero-order chi connectivity index (χ0) is 27.4. The molecule has 0 saturated carbocycles. The van der Waals surface area contributed by atoms with Gasteiger partial charge in [0.2, 0.25) is 0 Å². The number of aromatic nitrogens is 2. The highest BCUT2D eigenvalue weighted by atomic mass is 32.2. The van der Waals surface area contributed by atoms with Crippen molar-refractivity contribution in [1.29, 1.82) is 0 Å². The van der Waals surface area contributed by atoms with Gasteiger partial charge in [0.1, 0.15) is 11.6 Å². The van der Waals surface area contributed by atoms with Gasteiger partial charge < -0.3 is 8.92 Å². The monoisotopic (exact) mass is 548 g/mol. The minimum atomic E-state index is -5.98. The Balaban J connectivity index is 1.77. The van der Waals surface area contributed by atoms with Gasteiger partial charge in [-0.05, 0) is 35.0 Å². The van der Waals surface area contributed by atoms with Crippen molar-refractivity contribution in [2.75, 3.05) is 7.11 Å². The number of para-hydroxylation sites is 1. The van der Waals surface area contributed by atoms with Crippen LogP contribution in [0.1, 0.15) is 0 Å². The van der Waals surface area contributed by atoms with Crippen LogP contribution >= 0.6 is 0 Å². The lowest BCUT2D eigenvalue weighted by molar-refractivity contribution is -0.0499. The zero-order valence-corrected chi connectivity index (χ0v) is 21.1. The molecule has 0 aliphatic carbocycles. The average Bonchev–Trinajstić information content (AvgIpc) is 3.33. The molecular formula is C29H19F3N2O4S. The van der Waals surface area contributed by atoms with Gasteiger partial charge in [-0.2, -0.15) is 21.6 Å². The zero-order valence-electron chi connectivity index (χ0n) is 20.3. The van der Waals surface area contributed by atoms with Gasteiger partial charge in [0.15, 0.2) is 5.75 Å². The highest BCUT2D eigenvalue weighted by Crippen LogP contribution is 2.42. The van der Waals surface area contributed by atoms with E-state index in [0.717, 1.165) is 27.6 Å². The van der Waals surface area contributed by atoms with E-state index in [2.05, 4.69) is 4.18 Å². The summed E-state index contributed by atoms with van der Waals surface area (Å²) in [5.74, 6) is -0.245. The molecule has 0 aliphatic rings. The number of hydrogen-bond donors (Lipinski definition) is 0. The first-order chi connectivity index (χ1) is 18.7. The molecule has 196 valence electrons. The molecule has 6 nitrogen and oxygen atoms in total. The molecule has 0 N–H and O–H groups in total. The summed E-state index contributed by atoms with van der Waals surface area (Å²) in [6.45, 7) is 0. The van der Waals surface area contributed by atoms with Crippen LogP contribution in [-0.4, -0.2) is 30.6 Å². The third kappa shape index (κ3) is 4.04. The maximum Gasteiger partial charge on any atom is 0.534 e. The molecule has 0 fully saturated rings. The molecule has 1 heterocycles. The number of fused-ring (bicyclic) bond motifs is 6. The first-order valence-corrected chi connectivity index (χ1v) is 13.2. The Morgan fingerprint density at radius 1 is 0.769 bits per heavy atom. The van der Waals surface area contributed by atoms with Gasteiger partial charge in [-0.15, -0.1) is 0 Å². The van der Waals surface area contributed by atoms with E-state index in [9.17, 15) is 21.6 Å². The number of rotatable bonds is 5. The van der Waals surface area contributed by atoms with Crippen LogP contribution in [-0.2, 0) is 10.1 Å². The minimum absolute atomic E-state index is 0.0387. The van der Waals surface area contributed by atoms with E-state index in [1.165, 1.54) is 19.2 Å². The molecule has 1 aromatic heterocycles. The van der Waals surface area contributed by atoms with Crippen molar-refractivity contribution in [2.45, 2.75) is 5.51 Å². The third-order valence-corrected chi connectivity index (χ3v) is 7.42. The van der Waals surface area contributed by atoms with Crippen LogP contribution in [0.15, 0.2) is 97.1 Å². The summed E-state index contributed by atoms with van der Waals surface area (Å²) >= 11 is 0. The molecule has 0 spiro atoms. The number of imidazole rings is 1. The molecule has 6 rings (SSSR count). The fraction of sp³-hybridized carbons (Fsp3) is 0.0690. The van der Waals surface area contributed by atoms with Crippen molar-refractivity contribution < 1.29 is 30.5 Å². The normalized spacial score (nSPS) is 12.3. The smallest absolute Gasteiger partial charge is 0.497 e. The number of halogens is 3. The maximum absolute atomic E-state index is 13.3. The van der Waals surface area contributed by atoms with Crippen molar-refractivity contribution in [3.05, 3.63) is 97.1 Å². The predicted octanol–water partition coefficient (Wildman–Crippen LogP) is 7.24. The van der Waals surface area contributed by atoms with Crippen molar-refractivity contribution in [3.63, 3.8) is 0 Å². The van der Waals surface area contributed by atoms with Crippen LogP contribution in [0.2, 0.25) is 0 Å². The standard InChI is InChI=1S/C29H19F3N2O4S/c1-37-19-15-16-24(25(17-19)38-39(35,36)29(30,31)32)28-33-26-22-13-7-5-11-20(22)21-12-6-8-14-23(21)27(26)34(28)18-9-3-2-4-10-18/h2-17H,1H3. The second-order valence-electron chi connectivity index (χ2n) is 8.74. The van der Waals surface area contributed by atoms with Gasteiger partial charge in [-0.1, -0.05) is 66.7 Å². The van der Waals surface area contributed by atoms with Crippen LogP contribution in [0.3, 0.4) is 0 Å². The quantitative estimate of drug-likeness (QED) is 0.129. The van der Waals surface area contributed by atoms with Gasteiger partial charge >= 0.3 is 15.6 Å². The summed E-state index contributed by atoms with van der Waals surface area (Å²) in [4.78, 5) is 4.91. The molecule has 5 aromatic carbocycles. The van der Waals surface area contributed by atoms with Crippen molar-refractivity contribution in [2.24, 2.45) is 0 Å². The number of ether oxygens (including phenoxy) is 1. The van der Waals surface area contributed by atoms with Crippen molar-refractivity contribution >= 4 is 42.7 Å². The molecule has 0 atom stereocenters. The van der Waals surface area contributed by atoms with E-state index in [0.29, 0.717) is 16.7 Å². The molecule has 0 saturated heterocycles. The minimum Gasteiger partial charge on any atom is -0.497 e. The number of benzene rings is 5. The molecule has 0 unspecified atom stereocenters. The van der Waals surface area contributed by atoms with Gasteiger partial charge in [0.25, 0.3) is 0 Å². The topological polar surface area (TPSA) is 70.4 Å². The van der Waals surface area contributed by atoms with E-state index < -0.39 is 21.4 Å². The van der Waals surface area contributed by atoms with E-state index in [1.807, 2.05) is 78.9 Å². The van der Waals surface area contributed by atoms with Crippen LogP contribution < -0.4 is 8.92 Å². The van der Waals surface area contributed by atoms with Crippen LogP contribution in [0, 0.1) is 0 Å². The summed E-state index contributed by atoms with van der Waals surface area (Å²) in [7, 11) is -4.66. The molecule has 0 aliphatic heterocycles. The Kier molecular flexibility index (Phi) is 5.72.